The van der Waals surface area contributed by atoms with Gasteiger partial charge in [-0.05, 0) is 17.0 Å². The van der Waals surface area contributed by atoms with Crippen LogP contribution in [0, 0.1) is 0 Å². The maximum atomic E-state index is 4.79. The molecule has 1 aromatic heterocycles. The van der Waals surface area contributed by atoms with Gasteiger partial charge < -0.3 is 0 Å². The zero-order chi connectivity index (χ0) is 20.6. The monoisotopic (exact) mass is 413 g/mol. The third kappa shape index (κ3) is 4.68. The Hall–Kier alpha value is -2.77. The fraction of sp³-hybridized carbons (Fsp3) is 0.231. The van der Waals surface area contributed by atoms with E-state index in [1.54, 1.807) is 0 Å². The lowest BCUT2D eigenvalue weighted by molar-refractivity contribution is 0.531. The first kappa shape index (κ1) is 20.5. The van der Waals surface area contributed by atoms with E-state index in [0.29, 0.717) is 0 Å². The Morgan fingerprint density at radius 2 is 1.27 bits per heavy atom. The van der Waals surface area contributed by atoms with E-state index in [0.717, 1.165) is 24.1 Å². The molecule has 0 spiro atoms. The predicted octanol–water partition coefficient (Wildman–Crippen LogP) is 5.28. The van der Waals surface area contributed by atoms with Gasteiger partial charge in [0.15, 0.2) is 0 Å². The number of rotatable bonds is 9. The number of nitrogens with zero attached hydrogens (tertiary/aromatic N) is 3. The van der Waals surface area contributed by atoms with E-state index < -0.39 is 7.92 Å². The first-order chi connectivity index (χ1) is 14.9. The van der Waals surface area contributed by atoms with Crippen molar-refractivity contribution in [1.82, 2.24) is 15.0 Å². The van der Waals surface area contributed by atoms with Crippen molar-refractivity contribution in [1.29, 1.82) is 0 Å². The van der Waals surface area contributed by atoms with E-state index in [1.165, 1.54) is 35.4 Å². The van der Waals surface area contributed by atoms with Gasteiger partial charge in [-0.2, -0.15) is 0 Å². The summed E-state index contributed by atoms with van der Waals surface area (Å²) >= 11 is 0. The molecule has 0 fully saturated rings. The van der Waals surface area contributed by atoms with Crippen molar-refractivity contribution in [3.63, 3.8) is 0 Å². The molecule has 0 N–H and O–H groups in total. The van der Waals surface area contributed by atoms with E-state index in [2.05, 4.69) is 108 Å². The standard InChI is InChI=1S/C26H28N3P/c1-2-3-4-14-21-29-25(22-15-8-5-9-16-22)26(27-28-29)30(23-17-10-6-11-18-23)24-19-12-7-13-20-24/h5-13,15-20H,2-4,14,21H2,1H3. The summed E-state index contributed by atoms with van der Waals surface area (Å²) in [7, 11) is -0.786. The van der Waals surface area contributed by atoms with E-state index in [4.69, 9.17) is 5.10 Å². The molecule has 4 rings (SSSR count). The normalized spacial score (nSPS) is 11.1. The summed E-state index contributed by atoms with van der Waals surface area (Å²) in [6.07, 6.45) is 4.86. The molecule has 0 saturated heterocycles. The maximum absolute atomic E-state index is 4.79. The van der Waals surface area contributed by atoms with Crippen LogP contribution in [-0.2, 0) is 6.54 Å². The largest absolute Gasteiger partial charge is 0.244 e. The third-order valence-corrected chi connectivity index (χ3v) is 7.58. The SMILES string of the molecule is CCCCCCn1nnc(P(c2ccccc2)c2ccccc2)c1-c1ccccc1. The molecule has 0 aliphatic heterocycles. The Balaban J connectivity index is 1.82. The molecule has 3 aromatic carbocycles. The van der Waals surface area contributed by atoms with Crippen molar-refractivity contribution in [2.45, 2.75) is 39.2 Å². The average Bonchev–Trinajstić information content (AvgIpc) is 3.22. The lowest BCUT2D eigenvalue weighted by Gasteiger charge is -2.18. The summed E-state index contributed by atoms with van der Waals surface area (Å²) < 4.78 is 2.13. The Labute approximate surface area is 180 Å². The van der Waals surface area contributed by atoms with E-state index >= 15 is 0 Å². The van der Waals surface area contributed by atoms with E-state index in [9.17, 15) is 0 Å². The van der Waals surface area contributed by atoms with Crippen molar-refractivity contribution in [2.24, 2.45) is 0 Å². The van der Waals surface area contributed by atoms with Crippen molar-refractivity contribution in [3.8, 4) is 11.3 Å². The summed E-state index contributed by atoms with van der Waals surface area (Å²) in [6.45, 7) is 3.15. The minimum atomic E-state index is -0.786. The molecule has 0 amide bonds. The van der Waals surface area contributed by atoms with Gasteiger partial charge in [-0.1, -0.05) is 122 Å². The first-order valence-corrected chi connectivity index (χ1v) is 12.1. The highest BCUT2D eigenvalue weighted by molar-refractivity contribution is 7.79. The van der Waals surface area contributed by atoms with Crippen LogP contribution in [0.25, 0.3) is 11.3 Å². The molecular weight excluding hydrogens is 385 g/mol. The van der Waals surface area contributed by atoms with Crippen LogP contribution < -0.4 is 16.0 Å². The minimum Gasteiger partial charge on any atom is -0.244 e. The summed E-state index contributed by atoms with van der Waals surface area (Å²) in [5.74, 6) is 0. The fourth-order valence-electron chi connectivity index (χ4n) is 3.72. The topological polar surface area (TPSA) is 30.7 Å². The van der Waals surface area contributed by atoms with Crippen LogP contribution in [0.3, 0.4) is 0 Å². The number of hydrogen-bond acceptors (Lipinski definition) is 2. The fourth-order valence-corrected chi connectivity index (χ4v) is 6.03. The molecule has 4 heteroatoms. The van der Waals surface area contributed by atoms with Crippen molar-refractivity contribution in [3.05, 3.63) is 91.0 Å². The van der Waals surface area contributed by atoms with Gasteiger partial charge in [-0.15, -0.1) is 5.10 Å². The second-order valence-electron chi connectivity index (χ2n) is 7.42. The van der Waals surface area contributed by atoms with Crippen LogP contribution in [0.5, 0.6) is 0 Å². The van der Waals surface area contributed by atoms with E-state index in [-0.39, 0.29) is 0 Å². The second kappa shape index (κ2) is 10.3. The molecular formula is C26H28N3P. The van der Waals surface area contributed by atoms with Crippen LogP contribution in [0.1, 0.15) is 32.6 Å². The summed E-state index contributed by atoms with van der Waals surface area (Å²) in [4.78, 5) is 0. The summed E-state index contributed by atoms with van der Waals surface area (Å²) in [5.41, 5.74) is 3.43. The van der Waals surface area contributed by atoms with Gasteiger partial charge in [-0.3, -0.25) is 0 Å². The summed E-state index contributed by atoms with van der Waals surface area (Å²) in [6, 6.07) is 32.1. The van der Waals surface area contributed by atoms with Gasteiger partial charge in [0, 0.05) is 20.0 Å². The summed E-state index contributed by atoms with van der Waals surface area (Å²) in [5, 5.41) is 12.0. The van der Waals surface area contributed by atoms with Crippen molar-refractivity contribution >= 4 is 24.0 Å². The quantitative estimate of drug-likeness (QED) is 0.276. The number of aryl methyl sites for hydroxylation is 1. The average molecular weight is 414 g/mol. The molecule has 0 radical (unpaired) electrons. The van der Waals surface area contributed by atoms with Crippen molar-refractivity contribution < 1.29 is 0 Å². The molecule has 3 nitrogen and oxygen atoms in total. The van der Waals surface area contributed by atoms with Gasteiger partial charge in [0.25, 0.3) is 0 Å². The molecule has 0 bridgehead atoms. The third-order valence-electron chi connectivity index (χ3n) is 5.23. The Morgan fingerprint density at radius 1 is 0.700 bits per heavy atom. The molecule has 152 valence electrons. The second-order valence-corrected chi connectivity index (χ2v) is 9.55. The molecule has 4 aromatic rings. The van der Waals surface area contributed by atoms with Crippen LogP contribution in [-0.4, -0.2) is 15.0 Å². The predicted molar refractivity (Wildman–Crippen MR) is 128 cm³/mol. The van der Waals surface area contributed by atoms with Crippen LogP contribution in [0.15, 0.2) is 91.0 Å². The lowest BCUT2D eigenvalue weighted by atomic mass is 10.1. The zero-order valence-corrected chi connectivity index (χ0v) is 18.4. The molecule has 1 heterocycles. The van der Waals surface area contributed by atoms with Gasteiger partial charge in [0.1, 0.15) is 5.44 Å². The highest BCUT2D eigenvalue weighted by Gasteiger charge is 2.25. The molecule has 30 heavy (non-hydrogen) atoms. The first-order valence-electron chi connectivity index (χ1n) is 10.8. The molecule has 0 atom stereocenters. The van der Waals surface area contributed by atoms with Gasteiger partial charge in [0.2, 0.25) is 0 Å². The zero-order valence-electron chi connectivity index (χ0n) is 17.5. The molecule has 0 aliphatic carbocycles. The number of benzene rings is 3. The van der Waals surface area contributed by atoms with Crippen LogP contribution in [0.4, 0.5) is 0 Å². The molecule has 0 unspecified atom stereocenters. The van der Waals surface area contributed by atoms with Crippen LogP contribution >= 0.6 is 7.92 Å². The highest BCUT2D eigenvalue weighted by atomic mass is 31.1. The van der Waals surface area contributed by atoms with Gasteiger partial charge in [0.05, 0.1) is 5.69 Å². The van der Waals surface area contributed by atoms with Gasteiger partial charge in [-0.25, -0.2) is 4.68 Å². The van der Waals surface area contributed by atoms with Crippen LogP contribution in [0.2, 0.25) is 0 Å². The number of aromatic nitrogens is 3. The Morgan fingerprint density at radius 3 is 1.83 bits per heavy atom. The smallest absolute Gasteiger partial charge is 0.122 e. The minimum absolute atomic E-state index is 0.786. The lowest BCUT2D eigenvalue weighted by Crippen LogP contribution is -2.23. The highest BCUT2D eigenvalue weighted by Crippen LogP contribution is 2.36. The Bertz CT molecular complexity index is 990. The molecule has 0 saturated carbocycles. The van der Waals surface area contributed by atoms with Gasteiger partial charge >= 0.3 is 0 Å². The molecule has 0 aliphatic rings. The number of unbranched alkanes of at least 4 members (excludes halogenated alkanes) is 3. The number of hydrogen-bond donors (Lipinski definition) is 0. The van der Waals surface area contributed by atoms with Crippen molar-refractivity contribution in [2.75, 3.05) is 0 Å². The Kier molecular flexibility index (Phi) is 7.05. The maximum Gasteiger partial charge on any atom is 0.122 e. The van der Waals surface area contributed by atoms with E-state index in [1.807, 2.05) is 0 Å².